The Morgan fingerprint density at radius 1 is 1.47 bits per heavy atom. The van der Waals surface area contributed by atoms with Crippen molar-refractivity contribution < 1.29 is 9.18 Å². The highest BCUT2D eigenvalue weighted by Gasteiger charge is 2.14. The molecule has 0 amide bonds. The average Bonchev–Trinajstić information content (AvgIpc) is 2.74. The number of aromatic nitrogens is 1. The summed E-state index contributed by atoms with van der Waals surface area (Å²) in [5.74, 6) is -0.709. The topological polar surface area (TPSA) is 30.0 Å². The number of hydrogen-bond acceptors (Lipinski definition) is 3. The third-order valence-corrected chi connectivity index (χ3v) is 3.12. The molecule has 2 aromatic rings. The van der Waals surface area contributed by atoms with Crippen LogP contribution in [0.5, 0.6) is 0 Å². The molecule has 0 aliphatic rings. The van der Waals surface area contributed by atoms with Crippen molar-refractivity contribution in [2.45, 2.75) is 0 Å². The summed E-state index contributed by atoms with van der Waals surface area (Å²) in [7, 11) is 0. The Balaban J connectivity index is 2.46. The Morgan fingerprint density at radius 3 is 2.93 bits per heavy atom. The van der Waals surface area contributed by atoms with Crippen LogP contribution in [0.15, 0.2) is 33.6 Å². The number of halogens is 2. The molecule has 2 rings (SSSR count). The molecule has 5 heteroatoms. The first kappa shape index (κ1) is 10.4. The van der Waals surface area contributed by atoms with Crippen LogP contribution in [0.4, 0.5) is 4.39 Å². The molecule has 0 aliphatic carbocycles. The Morgan fingerprint density at radius 2 is 2.27 bits per heavy atom. The molecule has 0 spiro atoms. The lowest BCUT2D eigenvalue weighted by atomic mass is 10.1. The van der Waals surface area contributed by atoms with E-state index in [1.54, 1.807) is 10.9 Å². The smallest absolute Gasteiger partial charge is 0.213 e. The zero-order valence-corrected chi connectivity index (χ0v) is 9.81. The molecular formula is C10H5BrFNOS. The quantitative estimate of drug-likeness (QED) is 0.793. The van der Waals surface area contributed by atoms with Crippen molar-refractivity contribution in [1.82, 2.24) is 4.98 Å². The zero-order chi connectivity index (χ0) is 10.8. The Bertz CT molecular complexity index is 498. The maximum absolute atomic E-state index is 13.0. The van der Waals surface area contributed by atoms with Gasteiger partial charge in [0.05, 0.1) is 5.51 Å². The van der Waals surface area contributed by atoms with Crippen LogP contribution < -0.4 is 0 Å². The standard InChI is InChI=1S/C10H5BrFNOS/c11-8-2-1-6(12)3-7(8)10(14)9-4-15-5-13-9/h1-5H. The molecule has 2 nitrogen and oxygen atoms in total. The van der Waals surface area contributed by atoms with Gasteiger partial charge in [-0.3, -0.25) is 4.79 Å². The molecule has 0 aliphatic heterocycles. The molecule has 1 aromatic heterocycles. The van der Waals surface area contributed by atoms with Gasteiger partial charge in [0, 0.05) is 15.4 Å². The first-order valence-corrected chi connectivity index (χ1v) is 5.80. The number of rotatable bonds is 2. The monoisotopic (exact) mass is 285 g/mol. The van der Waals surface area contributed by atoms with E-state index < -0.39 is 5.82 Å². The van der Waals surface area contributed by atoms with Crippen molar-refractivity contribution >= 4 is 33.0 Å². The molecular weight excluding hydrogens is 281 g/mol. The van der Waals surface area contributed by atoms with E-state index in [1.807, 2.05) is 0 Å². The van der Waals surface area contributed by atoms with Gasteiger partial charge in [-0.25, -0.2) is 9.37 Å². The summed E-state index contributed by atoms with van der Waals surface area (Å²) < 4.78 is 13.5. The van der Waals surface area contributed by atoms with Gasteiger partial charge in [0.2, 0.25) is 5.78 Å². The van der Waals surface area contributed by atoms with Crippen LogP contribution in [0.2, 0.25) is 0 Å². The minimum atomic E-state index is -0.434. The SMILES string of the molecule is O=C(c1cscn1)c1cc(F)ccc1Br. The van der Waals surface area contributed by atoms with Gasteiger partial charge in [0.15, 0.2) is 0 Å². The van der Waals surface area contributed by atoms with Crippen LogP contribution in [0.3, 0.4) is 0 Å². The lowest BCUT2D eigenvalue weighted by Crippen LogP contribution is -2.03. The Kier molecular flexibility index (Phi) is 2.93. The fourth-order valence-electron chi connectivity index (χ4n) is 1.13. The van der Waals surface area contributed by atoms with Gasteiger partial charge < -0.3 is 0 Å². The van der Waals surface area contributed by atoms with Gasteiger partial charge in [0.25, 0.3) is 0 Å². The first-order valence-electron chi connectivity index (χ1n) is 4.06. The fourth-order valence-corrected chi connectivity index (χ4v) is 2.09. The van der Waals surface area contributed by atoms with Crippen LogP contribution in [0, 0.1) is 5.82 Å². The number of hydrogen-bond donors (Lipinski definition) is 0. The van der Waals surface area contributed by atoms with Crippen molar-refractivity contribution in [3.63, 3.8) is 0 Å². The fraction of sp³-hybridized carbons (Fsp3) is 0. The number of carbonyl (C=O) groups is 1. The summed E-state index contributed by atoms with van der Waals surface area (Å²) in [6.45, 7) is 0. The molecule has 0 fully saturated rings. The van der Waals surface area contributed by atoms with Crippen LogP contribution in [0.1, 0.15) is 16.1 Å². The van der Waals surface area contributed by atoms with E-state index in [-0.39, 0.29) is 5.78 Å². The molecule has 1 heterocycles. The predicted octanol–water partition coefficient (Wildman–Crippen LogP) is 3.28. The number of benzene rings is 1. The maximum atomic E-state index is 13.0. The van der Waals surface area contributed by atoms with E-state index in [1.165, 1.54) is 29.5 Å². The normalized spacial score (nSPS) is 10.3. The van der Waals surface area contributed by atoms with Crippen LogP contribution in [0.25, 0.3) is 0 Å². The Labute approximate surface area is 97.9 Å². The van der Waals surface area contributed by atoms with Gasteiger partial charge in [-0.15, -0.1) is 11.3 Å². The van der Waals surface area contributed by atoms with Crippen LogP contribution in [-0.2, 0) is 0 Å². The van der Waals surface area contributed by atoms with Gasteiger partial charge in [-0.1, -0.05) is 15.9 Å². The van der Waals surface area contributed by atoms with Crippen molar-refractivity contribution in [2.24, 2.45) is 0 Å². The van der Waals surface area contributed by atoms with Crippen molar-refractivity contribution in [3.8, 4) is 0 Å². The molecule has 0 saturated heterocycles. The minimum absolute atomic E-state index is 0.275. The third-order valence-electron chi connectivity index (χ3n) is 1.84. The van der Waals surface area contributed by atoms with E-state index in [9.17, 15) is 9.18 Å². The highest BCUT2D eigenvalue weighted by molar-refractivity contribution is 9.10. The number of ketones is 1. The number of nitrogens with zero attached hydrogens (tertiary/aromatic N) is 1. The lowest BCUT2D eigenvalue weighted by Gasteiger charge is -2.00. The van der Waals surface area contributed by atoms with E-state index in [0.29, 0.717) is 15.7 Å². The molecule has 0 atom stereocenters. The van der Waals surface area contributed by atoms with Gasteiger partial charge in [0.1, 0.15) is 11.5 Å². The molecule has 15 heavy (non-hydrogen) atoms. The van der Waals surface area contributed by atoms with Crippen molar-refractivity contribution in [1.29, 1.82) is 0 Å². The Hall–Kier alpha value is -1.07. The van der Waals surface area contributed by atoms with Crippen molar-refractivity contribution in [3.05, 3.63) is 50.6 Å². The summed E-state index contributed by atoms with van der Waals surface area (Å²) in [6, 6.07) is 4.00. The molecule has 0 radical (unpaired) electrons. The molecule has 76 valence electrons. The van der Waals surface area contributed by atoms with E-state index >= 15 is 0 Å². The summed E-state index contributed by atoms with van der Waals surface area (Å²) >= 11 is 4.54. The van der Waals surface area contributed by atoms with E-state index in [0.717, 1.165) is 0 Å². The van der Waals surface area contributed by atoms with Gasteiger partial charge >= 0.3 is 0 Å². The van der Waals surface area contributed by atoms with Gasteiger partial charge in [-0.05, 0) is 18.2 Å². The second-order valence-electron chi connectivity index (χ2n) is 2.83. The second-order valence-corrected chi connectivity index (χ2v) is 4.40. The zero-order valence-electron chi connectivity index (χ0n) is 7.41. The van der Waals surface area contributed by atoms with Crippen LogP contribution >= 0.6 is 27.3 Å². The minimum Gasteiger partial charge on any atom is -0.287 e. The summed E-state index contributed by atoms with van der Waals surface area (Å²) in [4.78, 5) is 15.7. The van der Waals surface area contributed by atoms with Crippen molar-refractivity contribution in [2.75, 3.05) is 0 Å². The summed E-state index contributed by atoms with van der Waals surface area (Å²) in [5.41, 5.74) is 2.20. The number of carbonyl (C=O) groups excluding carboxylic acids is 1. The molecule has 0 N–H and O–H groups in total. The summed E-state index contributed by atoms with van der Waals surface area (Å²) in [5, 5.41) is 1.64. The molecule has 1 aromatic carbocycles. The molecule has 0 unspecified atom stereocenters. The average molecular weight is 286 g/mol. The molecule has 0 saturated carbocycles. The highest BCUT2D eigenvalue weighted by Crippen LogP contribution is 2.21. The first-order chi connectivity index (χ1) is 7.18. The number of thiazole rings is 1. The van der Waals surface area contributed by atoms with E-state index in [2.05, 4.69) is 20.9 Å². The third kappa shape index (κ3) is 2.13. The van der Waals surface area contributed by atoms with Gasteiger partial charge in [-0.2, -0.15) is 0 Å². The maximum Gasteiger partial charge on any atom is 0.213 e. The highest BCUT2D eigenvalue weighted by atomic mass is 79.9. The summed E-state index contributed by atoms with van der Waals surface area (Å²) in [6.07, 6.45) is 0. The predicted molar refractivity (Wildman–Crippen MR) is 59.6 cm³/mol. The lowest BCUT2D eigenvalue weighted by molar-refractivity contribution is 0.103. The van der Waals surface area contributed by atoms with E-state index in [4.69, 9.17) is 0 Å². The largest absolute Gasteiger partial charge is 0.287 e. The second kappa shape index (κ2) is 4.20. The molecule has 0 bridgehead atoms. The van der Waals surface area contributed by atoms with Crippen LogP contribution in [-0.4, -0.2) is 10.8 Å².